The van der Waals surface area contributed by atoms with Crippen LogP contribution in [0.25, 0.3) is 0 Å². The van der Waals surface area contributed by atoms with Crippen molar-refractivity contribution in [1.82, 2.24) is 15.1 Å². The van der Waals surface area contributed by atoms with Crippen molar-refractivity contribution in [3.63, 3.8) is 0 Å². The van der Waals surface area contributed by atoms with E-state index in [4.69, 9.17) is 5.11 Å². The molecular weight excluding hydrogens is 194 g/mol. The summed E-state index contributed by atoms with van der Waals surface area (Å²) < 4.78 is 1.76. The molecule has 0 aromatic carbocycles. The molecular formula is C10H17N3O2. The molecule has 1 aromatic heterocycles. The average Bonchev–Trinajstić information content (AvgIpc) is 2.70. The van der Waals surface area contributed by atoms with E-state index in [2.05, 4.69) is 10.4 Å². The van der Waals surface area contributed by atoms with Gasteiger partial charge in [0.1, 0.15) is 5.54 Å². The minimum Gasteiger partial charge on any atom is -0.480 e. The molecule has 0 saturated heterocycles. The third-order valence-electron chi connectivity index (χ3n) is 2.70. The molecule has 0 fully saturated rings. The van der Waals surface area contributed by atoms with Gasteiger partial charge >= 0.3 is 5.97 Å². The van der Waals surface area contributed by atoms with Crippen molar-refractivity contribution >= 4 is 5.97 Å². The Morgan fingerprint density at radius 2 is 2.40 bits per heavy atom. The average molecular weight is 211 g/mol. The SMILES string of the molecule is CNC(C)(CC(C)n1cccn1)C(=O)O. The maximum Gasteiger partial charge on any atom is 0.323 e. The summed E-state index contributed by atoms with van der Waals surface area (Å²) in [6.07, 6.45) is 4.01. The number of nitrogens with one attached hydrogen (secondary N) is 1. The highest BCUT2D eigenvalue weighted by atomic mass is 16.4. The van der Waals surface area contributed by atoms with Gasteiger partial charge in [-0.05, 0) is 33.4 Å². The molecule has 2 N–H and O–H groups in total. The molecule has 0 amide bonds. The lowest BCUT2D eigenvalue weighted by atomic mass is 9.94. The smallest absolute Gasteiger partial charge is 0.323 e. The Labute approximate surface area is 89.1 Å². The highest BCUT2D eigenvalue weighted by molar-refractivity contribution is 5.78. The quantitative estimate of drug-likeness (QED) is 0.759. The van der Waals surface area contributed by atoms with Gasteiger partial charge < -0.3 is 10.4 Å². The van der Waals surface area contributed by atoms with Crippen molar-refractivity contribution in [2.24, 2.45) is 0 Å². The molecule has 0 aliphatic carbocycles. The normalized spacial score (nSPS) is 17.0. The van der Waals surface area contributed by atoms with Gasteiger partial charge in [-0.15, -0.1) is 0 Å². The molecule has 1 rings (SSSR count). The number of hydrogen-bond acceptors (Lipinski definition) is 3. The molecule has 84 valence electrons. The van der Waals surface area contributed by atoms with Gasteiger partial charge in [0, 0.05) is 12.4 Å². The topological polar surface area (TPSA) is 67.2 Å². The zero-order valence-electron chi connectivity index (χ0n) is 9.27. The van der Waals surface area contributed by atoms with E-state index in [0.29, 0.717) is 6.42 Å². The molecule has 0 bridgehead atoms. The molecule has 0 saturated carbocycles. The van der Waals surface area contributed by atoms with Crippen molar-refractivity contribution in [2.45, 2.75) is 31.8 Å². The van der Waals surface area contributed by atoms with Gasteiger partial charge in [0.2, 0.25) is 0 Å². The standard InChI is InChI=1S/C10H17N3O2/c1-8(13-6-4-5-12-13)7-10(2,11-3)9(14)15/h4-6,8,11H,7H2,1-3H3,(H,14,15). The van der Waals surface area contributed by atoms with E-state index < -0.39 is 11.5 Å². The predicted octanol–water partition coefficient (Wildman–Crippen LogP) is 0.897. The molecule has 5 heteroatoms. The van der Waals surface area contributed by atoms with Crippen LogP contribution in [-0.2, 0) is 4.79 Å². The lowest BCUT2D eigenvalue weighted by molar-refractivity contribution is -0.144. The summed E-state index contributed by atoms with van der Waals surface area (Å²) in [6, 6.07) is 1.88. The number of rotatable bonds is 5. The van der Waals surface area contributed by atoms with E-state index in [-0.39, 0.29) is 6.04 Å². The number of carbonyl (C=O) groups is 1. The fraction of sp³-hybridized carbons (Fsp3) is 0.600. The number of hydrogen-bond donors (Lipinski definition) is 2. The van der Waals surface area contributed by atoms with Crippen LogP contribution in [0.3, 0.4) is 0 Å². The Kier molecular flexibility index (Phi) is 3.47. The van der Waals surface area contributed by atoms with Crippen LogP contribution in [0.15, 0.2) is 18.5 Å². The number of aliphatic carboxylic acids is 1. The first-order valence-electron chi connectivity index (χ1n) is 4.91. The lowest BCUT2D eigenvalue weighted by Gasteiger charge is -2.27. The molecule has 1 aromatic rings. The first-order valence-corrected chi connectivity index (χ1v) is 4.91. The van der Waals surface area contributed by atoms with Crippen molar-refractivity contribution in [1.29, 1.82) is 0 Å². The zero-order valence-corrected chi connectivity index (χ0v) is 9.27. The predicted molar refractivity (Wildman–Crippen MR) is 56.7 cm³/mol. The maximum atomic E-state index is 11.1. The summed E-state index contributed by atoms with van der Waals surface area (Å²) in [7, 11) is 1.66. The lowest BCUT2D eigenvalue weighted by Crippen LogP contribution is -2.48. The maximum absolute atomic E-state index is 11.1. The molecule has 0 aliphatic heterocycles. The summed E-state index contributed by atoms with van der Waals surface area (Å²) in [5, 5.41) is 16.0. The van der Waals surface area contributed by atoms with E-state index in [1.165, 1.54) is 0 Å². The molecule has 0 radical (unpaired) electrons. The number of carboxylic acid groups (broad SMARTS) is 1. The van der Waals surface area contributed by atoms with Crippen molar-refractivity contribution in [3.05, 3.63) is 18.5 Å². The fourth-order valence-corrected chi connectivity index (χ4v) is 1.52. The van der Waals surface area contributed by atoms with Crippen LogP contribution in [0.1, 0.15) is 26.3 Å². The van der Waals surface area contributed by atoms with E-state index >= 15 is 0 Å². The summed E-state index contributed by atoms with van der Waals surface area (Å²) in [4.78, 5) is 11.1. The zero-order chi connectivity index (χ0) is 11.5. The summed E-state index contributed by atoms with van der Waals surface area (Å²) in [5.74, 6) is -0.844. The third-order valence-corrected chi connectivity index (χ3v) is 2.70. The van der Waals surface area contributed by atoms with Gasteiger partial charge in [-0.2, -0.15) is 5.10 Å². The van der Waals surface area contributed by atoms with Gasteiger partial charge in [0.05, 0.1) is 6.04 Å². The fourth-order valence-electron chi connectivity index (χ4n) is 1.52. The number of aromatic nitrogens is 2. The Balaban J connectivity index is 2.72. The van der Waals surface area contributed by atoms with Gasteiger partial charge in [-0.25, -0.2) is 0 Å². The van der Waals surface area contributed by atoms with E-state index in [1.54, 1.807) is 24.9 Å². The summed E-state index contributed by atoms with van der Waals surface area (Å²) in [6.45, 7) is 3.63. The molecule has 15 heavy (non-hydrogen) atoms. The van der Waals surface area contributed by atoms with Crippen LogP contribution in [0, 0.1) is 0 Å². The van der Waals surface area contributed by atoms with E-state index in [9.17, 15) is 4.79 Å². The molecule has 2 unspecified atom stereocenters. The second-order valence-electron chi connectivity index (χ2n) is 3.93. The highest BCUT2D eigenvalue weighted by Gasteiger charge is 2.33. The second-order valence-corrected chi connectivity index (χ2v) is 3.93. The Bertz CT molecular complexity index is 323. The Hall–Kier alpha value is -1.36. The van der Waals surface area contributed by atoms with E-state index in [0.717, 1.165) is 0 Å². The highest BCUT2D eigenvalue weighted by Crippen LogP contribution is 2.20. The van der Waals surface area contributed by atoms with Crippen LogP contribution in [0.2, 0.25) is 0 Å². The monoisotopic (exact) mass is 211 g/mol. The van der Waals surface area contributed by atoms with Crippen molar-refractivity contribution < 1.29 is 9.90 Å². The Morgan fingerprint density at radius 1 is 1.73 bits per heavy atom. The Morgan fingerprint density at radius 3 is 2.80 bits per heavy atom. The van der Waals surface area contributed by atoms with Gasteiger partial charge in [0.25, 0.3) is 0 Å². The molecule has 2 atom stereocenters. The van der Waals surface area contributed by atoms with Crippen LogP contribution in [0.5, 0.6) is 0 Å². The first kappa shape index (κ1) is 11.7. The number of nitrogens with zero attached hydrogens (tertiary/aromatic N) is 2. The van der Waals surface area contributed by atoms with Gasteiger partial charge in [0.15, 0.2) is 0 Å². The van der Waals surface area contributed by atoms with Crippen LogP contribution in [-0.4, -0.2) is 33.4 Å². The van der Waals surface area contributed by atoms with E-state index in [1.807, 2.05) is 19.2 Å². The molecule has 0 aliphatic rings. The third kappa shape index (κ3) is 2.56. The summed E-state index contributed by atoms with van der Waals surface area (Å²) in [5.41, 5.74) is -0.911. The van der Waals surface area contributed by atoms with Gasteiger partial charge in [-0.1, -0.05) is 0 Å². The van der Waals surface area contributed by atoms with Crippen LogP contribution < -0.4 is 5.32 Å². The molecule has 1 heterocycles. The van der Waals surface area contributed by atoms with Crippen LogP contribution >= 0.6 is 0 Å². The summed E-state index contributed by atoms with van der Waals surface area (Å²) >= 11 is 0. The number of likely N-dealkylation sites (N-methyl/N-ethyl adjacent to an activating group) is 1. The minimum atomic E-state index is -0.911. The largest absolute Gasteiger partial charge is 0.480 e. The minimum absolute atomic E-state index is 0.0496. The molecule has 0 spiro atoms. The number of carboxylic acids is 1. The second kappa shape index (κ2) is 4.44. The van der Waals surface area contributed by atoms with Crippen molar-refractivity contribution in [2.75, 3.05) is 7.05 Å². The van der Waals surface area contributed by atoms with Crippen LogP contribution in [0.4, 0.5) is 0 Å². The first-order chi connectivity index (χ1) is 6.99. The van der Waals surface area contributed by atoms with Crippen molar-refractivity contribution in [3.8, 4) is 0 Å². The molecule has 5 nitrogen and oxygen atoms in total. The van der Waals surface area contributed by atoms with Gasteiger partial charge in [-0.3, -0.25) is 9.48 Å².